The summed E-state index contributed by atoms with van der Waals surface area (Å²) in [5, 5.41) is 4.17. The minimum Gasteiger partial charge on any atom is -0.444 e. The Balaban J connectivity index is 1.47. The van der Waals surface area contributed by atoms with Crippen molar-refractivity contribution < 1.29 is 9.53 Å². The predicted octanol–water partition coefficient (Wildman–Crippen LogP) is 5.26. The van der Waals surface area contributed by atoms with Crippen molar-refractivity contribution in [1.29, 1.82) is 0 Å². The molecule has 9 heteroatoms. The van der Waals surface area contributed by atoms with E-state index in [1.165, 1.54) is 0 Å². The van der Waals surface area contributed by atoms with Gasteiger partial charge in [0.05, 0.1) is 0 Å². The molecular formula is C28H38N6O3. The summed E-state index contributed by atoms with van der Waals surface area (Å²) >= 11 is 0. The molecule has 0 saturated carbocycles. The number of aryl methyl sites for hydroxylation is 1. The van der Waals surface area contributed by atoms with Gasteiger partial charge < -0.3 is 19.9 Å². The number of nitrogens with zero attached hydrogens (tertiary/aromatic N) is 5. The van der Waals surface area contributed by atoms with E-state index in [9.17, 15) is 9.59 Å². The molecule has 0 atom stereocenters. The zero-order valence-electron chi connectivity index (χ0n) is 22.7. The van der Waals surface area contributed by atoms with E-state index in [1.807, 2.05) is 39.8 Å². The largest absolute Gasteiger partial charge is 0.444 e. The number of ether oxygens (including phenoxy) is 1. The predicted molar refractivity (Wildman–Crippen MR) is 148 cm³/mol. The van der Waals surface area contributed by atoms with Crippen molar-refractivity contribution in [2.75, 3.05) is 36.4 Å². The van der Waals surface area contributed by atoms with Crippen molar-refractivity contribution >= 4 is 34.4 Å². The van der Waals surface area contributed by atoms with E-state index < -0.39 is 5.60 Å². The molecule has 1 aliphatic rings. The van der Waals surface area contributed by atoms with Gasteiger partial charge in [-0.15, -0.1) is 0 Å². The molecule has 3 heterocycles. The van der Waals surface area contributed by atoms with Crippen LogP contribution in [0.5, 0.6) is 0 Å². The van der Waals surface area contributed by atoms with Gasteiger partial charge in [0, 0.05) is 61.2 Å². The van der Waals surface area contributed by atoms with Gasteiger partial charge in [-0.2, -0.15) is 4.98 Å². The number of benzene rings is 1. The lowest BCUT2D eigenvalue weighted by atomic mass is 10.1. The van der Waals surface area contributed by atoms with Crippen LogP contribution < -0.4 is 15.8 Å². The lowest BCUT2D eigenvalue weighted by Gasteiger charge is -2.36. The van der Waals surface area contributed by atoms with Gasteiger partial charge in [-0.05, 0) is 70.4 Å². The smallest absolute Gasteiger partial charge is 0.410 e. The third-order valence-corrected chi connectivity index (χ3v) is 6.73. The molecule has 0 spiro atoms. The molecule has 0 unspecified atom stereocenters. The number of anilines is 3. The third-order valence-electron chi connectivity index (χ3n) is 6.73. The fourth-order valence-electron chi connectivity index (χ4n) is 4.70. The van der Waals surface area contributed by atoms with Crippen molar-refractivity contribution in [2.45, 2.75) is 66.0 Å². The van der Waals surface area contributed by atoms with Crippen molar-refractivity contribution in [2.24, 2.45) is 0 Å². The van der Waals surface area contributed by atoms with Crippen molar-refractivity contribution in [1.82, 2.24) is 19.4 Å². The van der Waals surface area contributed by atoms with Crippen LogP contribution in [0.25, 0.3) is 11.0 Å². The highest BCUT2D eigenvalue weighted by molar-refractivity contribution is 5.79. The van der Waals surface area contributed by atoms with E-state index in [2.05, 4.69) is 41.2 Å². The van der Waals surface area contributed by atoms with E-state index in [1.54, 1.807) is 21.7 Å². The molecule has 4 rings (SSSR count). The number of carbonyl (C=O) groups excluding carboxylic acids is 1. The summed E-state index contributed by atoms with van der Waals surface area (Å²) in [6.07, 6.45) is 3.24. The molecule has 1 saturated heterocycles. The number of piperazine rings is 1. The molecule has 1 aromatic carbocycles. The Labute approximate surface area is 218 Å². The third kappa shape index (κ3) is 6.03. The summed E-state index contributed by atoms with van der Waals surface area (Å²) in [7, 11) is 0. The van der Waals surface area contributed by atoms with Crippen LogP contribution in [0.2, 0.25) is 0 Å². The van der Waals surface area contributed by atoms with Gasteiger partial charge in [0.1, 0.15) is 11.2 Å². The Hall–Kier alpha value is -3.62. The first kappa shape index (κ1) is 26.4. The lowest BCUT2D eigenvalue weighted by Crippen LogP contribution is -2.50. The number of pyridine rings is 1. The second-order valence-corrected chi connectivity index (χ2v) is 10.6. The molecule has 0 bridgehead atoms. The van der Waals surface area contributed by atoms with Crippen molar-refractivity contribution in [3.05, 3.63) is 52.4 Å². The number of amides is 1. The molecule has 9 nitrogen and oxygen atoms in total. The number of fused-ring (bicyclic) bond motifs is 1. The maximum atomic E-state index is 12.8. The maximum Gasteiger partial charge on any atom is 0.410 e. The molecule has 0 aliphatic carbocycles. The van der Waals surface area contributed by atoms with Gasteiger partial charge in [-0.1, -0.05) is 13.8 Å². The van der Waals surface area contributed by atoms with E-state index in [0.29, 0.717) is 24.7 Å². The fourth-order valence-corrected chi connectivity index (χ4v) is 4.70. The van der Waals surface area contributed by atoms with Crippen LogP contribution in [0.1, 0.15) is 59.1 Å². The Morgan fingerprint density at radius 1 is 1.08 bits per heavy atom. The SMILES string of the molecule is CCC(CC)n1c(=O)cc(C)c2cnc(Nc3ccc(N4CCN(C(=O)OC(C)(C)C)CC4)cc3)nc21. The van der Waals surface area contributed by atoms with Crippen LogP contribution in [0.15, 0.2) is 41.3 Å². The van der Waals surface area contributed by atoms with E-state index in [4.69, 9.17) is 9.72 Å². The van der Waals surface area contributed by atoms with Gasteiger partial charge in [0.15, 0.2) is 0 Å². The highest BCUT2D eigenvalue weighted by Gasteiger charge is 2.26. The summed E-state index contributed by atoms with van der Waals surface area (Å²) in [4.78, 5) is 38.5. The molecule has 2 aromatic heterocycles. The van der Waals surface area contributed by atoms with Gasteiger partial charge >= 0.3 is 6.09 Å². The molecule has 1 aliphatic heterocycles. The summed E-state index contributed by atoms with van der Waals surface area (Å²) in [6, 6.07) is 9.85. The summed E-state index contributed by atoms with van der Waals surface area (Å²) in [6.45, 7) is 14.5. The highest BCUT2D eigenvalue weighted by atomic mass is 16.6. The summed E-state index contributed by atoms with van der Waals surface area (Å²) in [5.74, 6) is 0.455. The minimum absolute atomic E-state index is 0.0283. The van der Waals surface area contributed by atoms with Crippen LogP contribution in [0.3, 0.4) is 0 Å². The number of carbonyl (C=O) groups is 1. The second kappa shape index (κ2) is 10.8. The Morgan fingerprint density at radius 2 is 1.73 bits per heavy atom. The molecular weight excluding hydrogens is 468 g/mol. The Morgan fingerprint density at radius 3 is 2.32 bits per heavy atom. The number of nitrogens with one attached hydrogen (secondary N) is 1. The maximum absolute atomic E-state index is 12.8. The van der Waals surface area contributed by atoms with Crippen molar-refractivity contribution in [3.8, 4) is 0 Å². The number of hydrogen-bond donors (Lipinski definition) is 1. The minimum atomic E-state index is -0.490. The molecule has 37 heavy (non-hydrogen) atoms. The van der Waals surface area contributed by atoms with Crippen LogP contribution in [0.4, 0.5) is 22.1 Å². The zero-order chi connectivity index (χ0) is 26.7. The van der Waals surface area contributed by atoms with Gasteiger partial charge in [0.2, 0.25) is 5.95 Å². The molecule has 1 fully saturated rings. The Kier molecular flexibility index (Phi) is 7.71. The van der Waals surface area contributed by atoms with E-state index in [0.717, 1.165) is 48.3 Å². The van der Waals surface area contributed by atoms with E-state index in [-0.39, 0.29) is 17.7 Å². The molecule has 3 aromatic rings. The van der Waals surface area contributed by atoms with E-state index >= 15 is 0 Å². The van der Waals surface area contributed by atoms with Crippen LogP contribution in [-0.4, -0.2) is 57.3 Å². The van der Waals surface area contributed by atoms with Gasteiger partial charge in [-0.25, -0.2) is 9.78 Å². The number of aromatic nitrogens is 3. The Bertz CT molecular complexity index is 1300. The summed E-state index contributed by atoms with van der Waals surface area (Å²) in [5.41, 5.74) is 2.97. The first-order chi connectivity index (χ1) is 17.6. The molecule has 198 valence electrons. The van der Waals surface area contributed by atoms with Crippen LogP contribution in [0, 0.1) is 6.92 Å². The lowest BCUT2D eigenvalue weighted by molar-refractivity contribution is 0.0240. The normalized spacial score (nSPS) is 14.4. The molecule has 1 N–H and O–H groups in total. The van der Waals surface area contributed by atoms with Gasteiger partial charge in [-0.3, -0.25) is 9.36 Å². The summed E-state index contributed by atoms with van der Waals surface area (Å²) < 4.78 is 7.29. The molecule has 0 radical (unpaired) electrons. The quantitative estimate of drug-likeness (QED) is 0.487. The zero-order valence-corrected chi connectivity index (χ0v) is 22.7. The highest BCUT2D eigenvalue weighted by Crippen LogP contribution is 2.25. The number of hydrogen-bond acceptors (Lipinski definition) is 7. The van der Waals surface area contributed by atoms with Crippen LogP contribution in [-0.2, 0) is 4.74 Å². The average molecular weight is 507 g/mol. The van der Waals surface area contributed by atoms with Crippen molar-refractivity contribution in [3.63, 3.8) is 0 Å². The first-order valence-corrected chi connectivity index (χ1v) is 13.1. The topological polar surface area (TPSA) is 92.6 Å². The molecule has 1 amide bonds. The van der Waals surface area contributed by atoms with Crippen LogP contribution >= 0.6 is 0 Å². The second-order valence-electron chi connectivity index (χ2n) is 10.6. The first-order valence-electron chi connectivity index (χ1n) is 13.1. The standard InChI is InChI=1S/C28H38N6O3/c1-7-21(8-2)34-24(35)17-19(3)23-18-29-26(31-25(23)34)30-20-9-11-22(12-10-20)32-13-15-33(16-14-32)27(36)37-28(4,5)6/h9-12,17-18,21H,7-8,13-16H2,1-6H3,(H,29,30,31). The fraction of sp³-hybridized carbons (Fsp3) is 0.500. The number of rotatable bonds is 6. The monoisotopic (exact) mass is 506 g/mol. The van der Waals surface area contributed by atoms with Gasteiger partial charge in [0.25, 0.3) is 5.56 Å². The average Bonchev–Trinajstić information content (AvgIpc) is 2.86.